The van der Waals surface area contributed by atoms with Gasteiger partial charge < -0.3 is 0 Å². The Morgan fingerprint density at radius 1 is 1.33 bits per heavy atom. The van der Waals surface area contributed by atoms with Gasteiger partial charge in [-0.25, -0.2) is 14.1 Å². The normalized spacial score (nSPS) is 10.9. The topological polar surface area (TPSA) is 88.5 Å². The van der Waals surface area contributed by atoms with Gasteiger partial charge in [0.1, 0.15) is 12.1 Å². The van der Waals surface area contributed by atoms with E-state index in [1.54, 1.807) is 23.5 Å². The number of thiophene rings is 1. The molecule has 2 N–H and O–H groups in total. The number of hydrogen-bond acceptors (Lipinski definition) is 5. The molecule has 0 radical (unpaired) electrons. The molecular formula is C17H12ClFN6OS. The smallest absolute Gasteiger partial charge is 0.278 e. The second kappa shape index (κ2) is 7.29. The van der Waals surface area contributed by atoms with Gasteiger partial charge in [-0.05, 0) is 35.2 Å². The first-order chi connectivity index (χ1) is 13.1. The summed E-state index contributed by atoms with van der Waals surface area (Å²) in [4.78, 5) is 17.3. The maximum absolute atomic E-state index is 13.1. The van der Waals surface area contributed by atoms with E-state index in [4.69, 9.17) is 11.6 Å². The van der Waals surface area contributed by atoms with Crippen LogP contribution in [0.15, 0.2) is 48.1 Å². The molecule has 4 rings (SSSR count). The highest BCUT2D eigenvalue weighted by Gasteiger charge is 2.14. The van der Waals surface area contributed by atoms with Crippen molar-refractivity contribution in [2.45, 2.75) is 6.54 Å². The van der Waals surface area contributed by atoms with E-state index in [9.17, 15) is 9.18 Å². The zero-order chi connectivity index (χ0) is 18.8. The zero-order valence-electron chi connectivity index (χ0n) is 13.7. The van der Waals surface area contributed by atoms with Crippen molar-refractivity contribution >= 4 is 34.8 Å². The maximum Gasteiger partial charge on any atom is 0.278 e. The van der Waals surface area contributed by atoms with Gasteiger partial charge in [0.15, 0.2) is 5.69 Å². The third kappa shape index (κ3) is 3.88. The van der Waals surface area contributed by atoms with Crippen molar-refractivity contribution in [2.75, 3.05) is 5.32 Å². The highest BCUT2D eigenvalue weighted by molar-refractivity contribution is 7.13. The molecule has 136 valence electrons. The Balaban J connectivity index is 1.44. The third-order valence-electron chi connectivity index (χ3n) is 3.71. The predicted octanol–water partition coefficient (Wildman–Crippen LogP) is 3.82. The van der Waals surface area contributed by atoms with Gasteiger partial charge >= 0.3 is 0 Å². The molecule has 3 aromatic heterocycles. The van der Waals surface area contributed by atoms with Crippen molar-refractivity contribution in [2.24, 2.45) is 0 Å². The number of anilines is 1. The summed E-state index contributed by atoms with van der Waals surface area (Å²) < 4.78 is 14.6. The number of H-pyrrole nitrogens is 1. The van der Waals surface area contributed by atoms with Crippen molar-refractivity contribution in [1.29, 1.82) is 0 Å². The van der Waals surface area contributed by atoms with Crippen LogP contribution in [-0.4, -0.2) is 30.9 Å². The molecule has 7 nitrogen and oxygen atoms in total. The lowest BCUT2D eigenvalue weighted by Crippen LogP contribution is -2.14. The van der Waals surface area contributed by atoms with Crippen LogP contribution in [0.2, 0.25) is 5.02 Å². The maximum atomic E-state index is 13.1. The fourth-order valence-electron chi connectivity index (χ4n) is 2.41. The molecule has 0 fully saturated rings. The SMILES string of the molecule is O=C(Nc1ncn(Cc2ccc(F)cc2Cl)n1)c1cc(-c2cccs2)[nH]n1. The molecule has 0 saturated carbocycles. The molecule has 0 bridgehead atoms. The number of nitrogens with one attached hydrogen (secondary N) is 2. The van der Waals surface area contributed by atoms with Gasteiger partial charge in [-0.15, -0.1) is 16.4 Å². The summed E-state index contributed by atoms with van der Waals surface area (Å²) in [5.41, 5.74) is 1.68. The molecule has 10 heteroatoms. The van der Waals surface area contributed by atoms with Gasteiger partial charge in [-0.1, -0.05) is 23.7 Å². The van der Waals surface area contributed by atoms with Crippen molar-refractivity contribution in [3.8, 4) is 10.6 Å². The van der Waals surface area contributed by atoms with Crippen LogP contribution in [0.3, 0.4) is 0 Å². The van der Waals surface area contributed by atoms with E-state index in [2.05, 4.69) is 25.6 Å². The van der Waals surface area contributed by atoms with Gasteiger partial charge in [0, 0.05) is 5.02 Å². The molecule has 1 aromatic carbocycles. The molecular weight excluding hydrogens is 391 g/mol. The number of hydrogen-bond donors (Lipinski definition) is 2. The van der Waals surface area contributed by atoms with Crippen LogP contribution in [0, 0.1) is 5.82 Å². The summed E-state index contributed by atoms with van der Waals surface area (Å²) in [5.74, 6) is -0.693. The van der Waals surface area contributed by atoms with E-state index in [1.807, 2.05) is 17.5 Å². The molecule has 0 aliphatic rings. The van der Waals surface area contributed by atoms with E-state index in [-0.39, 0.29) is 11.6 Å². The first-order valence-electron chi connectivity index (χ1n) is 7.82. The number of aromatic amines is 1. The number of carbonyl (C=O) groups excluding carboxylic acids is 1. The van der Waals surface area contributed by atoms with Crippen LogP contribution in [0.5, 0.6) is 0 Å². The Morgan fingerprint density at radius 2 is 2.22 bits per heavy atom. The first kappa shape index (κ1) is 17.4. The molecule has 27 heavy (non-hydrogen) atoms. The summed E-state index contributed by atoms with van der Waals surface area (Å²) in [6.45, 7) is 0.299. The predicted molar refractivity (Wildman–Crippen MR) is 100 cm³/mol. The first-order valence-corrected chi connectivity index (χ1v) is 9.08. The standard InChI is InChI=1S/C17H12ClFN6OS/c18-12-6-11(19)4-3-10(12)8-25-9-20-17(24-25)21-16(26)14-7-13(22-23-14)15-2-1-5-27-15/h1-7,9H,8H2,(H,22,23)(H,21,24,26). The van der Waals surface area contributed by atoms with E-state index in [0.717, 1.165) is 10.6 Å². The number of amides is 1. The van der Waals surface area contributed by atoms with Crippen LogP contribution in [0.1, 0.15) is 16.1 Å². The number of rotatable bonds is 5. The molecule has 0 unspecified atom stereocenters. The van der Waals surface area contributed by atoms with Gasteiger partial charge in [-0.2, -0.15) is 5.10 Å². The molecule has 1 amide bonds. The number of nitrogens with zero attached hydrogens (tertiary/aromatic N) is 4. The van der Waals surface area contributed by atoms with Crippen LogP contribution in [0.4, 0.5) is 10.3 Å². The van der Waals surface area contributed by atoms with Crippen molar-refractivity contribution < 1.29 is 9.18 Å². The van der Waals surface area contributed by atoms with E-state index in [0.29, 0.717) is 17.1 Å². The van der Waals surface area contributed by atoms with Gasteiger partial charge in [0.25, 0.3) is 5.91 Å². The monoisotopic (exact) mass is 402 g/mol. The lowest BCUT2D eigenvalue weighted by Gasteiger charge is -2.03. The van der Waals surface area contributed by atoms with Crippen LogP contribution in [-0.2, 0) is 6.54 Å². The number of carbonyl (C=O) groups is 1. The number of aromatic nitrogens is 5. The summed E-state index contributed by atoms with van der Waals surface area (Å²) in [5, 5.41) is 15.9. The summed E-state index contributed by atoms with van der Waals surface area (Å²) in [6, 6.07) is 9.65. The second-order valence-electron chi connectivity index (χ2n) is 5.60. The Morgan fingerprint density at radius 3 is 3.00 bits per heavy atom. The van der Waals surface area contributed by atoms with Gasteiger partial charge in [0.2, 0.25) is 5.95 Å². The quantitative estimate of drug-likeness (QED) is 0.531. The summed E-state index contributed by atoms with van der Waals surface area (Å²) in [7, 11) is 0. The Labute approximate surface area is 161 Å². The molecule has 0 aliphatic heterocycles. The highest BCUT2D eigenvalue weighted by Crippen LogP contribution is 2.23. The Hall–Kier alpha value is -3.04. The lowest BCUT2D eigenvalue weighted by molar-refractivity contribution is 0.102. The molecule has 4 aromatic rings. The molecule has 0 spiro atoms. The minimum Gasteiger partial charge on any atom is -0.288 e. The number of halogens is 2. The number of benzene rings is 1. The fourth-order valence-corrected chi connectivity index (χ4v) is 3.33. The molecule has 0 saturated heterocycles. The second-order valence-corrected chi connectivity index (χ2v) is 6.95. The minimum absolute atomic E-state index is 0.138. The third-order valence-corrected chi connectivity index (χ3v) is 4.96. The van der Waals surface area contributed by atoms with Gasteiger partial charge in [-0.3, -0.25) is 15.2 Å². The molecule has 0 atom stereocenters. The van der Waals surface area contributed by atoms with E-state index >= 15 is 0 Å². The molecule has 3 heterocycles. The average molecular weight is 403 g/mol. The van der Waals surface area contributed by atoms with Crippen molar-refractivity contribution in [3.63, 3.8) is 0 Å². The van der Waals surface area contributed by atoms with E-state index in [1.165, 1.54) is 23.1 Å². The summed E-state index contributed by atoms with van der Waals surface area (Å²) in [6.07, 6.45) is 1.46. The largest absolute Gasteiger partial charge is 0.288 e. The van der Waals surface area contributed by atoms with Crippen LogP contribution in [0.25, 0.3) is 10.6 Å². The van der Waals surface area contributed by atoms with Crippen molar-refractivity contribution in [3.05, 3.63) is 70.2 Å². The Bertz CT molecular complexity index is 1090. The van der Waals surface area contributed by atoms with Crippen LogP contribution >= 0.6 is 22.9 Å². The average Bonchev–Trinajstić information content (AvgIpc) is 3.37. The summed E-state index contributed by atoms with van der Waals surface area (Å²) >= 11 is 7.56. The lowest BCUT2D eigenvalue weighted by atomic mass is 10.2. The minimum atomic E-state index is -0.424. The Kier molecular flexibility index (Phi) is 4.69. The van der Waals surface area contributed by atoms with E-state index < -0.39 is 11.7 Å². The highest BCUT2D eigenvalue weighted by atomic mass is 35.5. The fraction of sp³-hybridized carbons (Fsp3) is 0.0588. The van der Waals surface area contributed by atoms with Crippen molar-refractivity contribution in [1.82, 2.24) is 25.0 Å². The van der Waals surface area contributed by atoms with Crippen LogP contribution < -0.4 is 5.32 Å². The zero-order valence-corrected chi connectivity index (χ0v) is 15.3. The molecule has 0 aliphatic carbocycles. The van der Waals surface area contributed by atoms with Gasteiger partial charge in [0.05, 0.1) is 17.1 Å².